The molecule has 3 heteroatoms. The van der Waals surface area contributed by atoms with Gasteiger partial charge < -0.3 is 4.74 Å². The summed E-state index contributed by atoms with van der Waals surface area (Å²) in [4.78, 5) is 8.77. The van der Waals surface area contributed by atoms with Crippen molar-refractivity contribution in [3.63, 3.8) is 0 Å². The molecule has 0 radical (unpaired) electrons. The smallest absolute Gasteiger partial charge is 0.151 e. The van der Waals surface area contributed by atoms with Crippen LogP contribution in [0.15, 0.2) is 24.5 Å². The van der Waals surface area contributed by atoms with Crippen LogP contribution in [0, 0.1) is 51.8 Å². The maximum atomic E-state index is 6.28. The lowest BCUT2D eigenvalue weighted by Gasteiger charge is -2.61. The fourth-order valence-corrected chi connectivity index (χ4v) is 10.3. The van der Waals surface area contributed by atoms with E-state index in [-0.39, 0.29) is 0 Å². The number of ether oxygens (including phenoxy) is 1. The first-order chi connectivity index (χ1) is 14.9. The van der Waals surface area contributed by atoms with Gasteiger partial charge >= 0.3 is 0 Å². The lowest BCUT2D eigenvalue weighted by molar-refractivity contribution is -0.160. The summed E-state index contributed by atoms with van der Waals surface area (Å²) in [5.41, 5.74) is 1.56. The van der Waals surface area contributed by atoms with Gasteiger partial charge in [0.25, 0.3) is 0 Å². The lowest BCUT2D eigenvalue weighted by atomic mass is 9.45. The van der Waals surface area contributed by atoms with Crippen molar-refractivity contribution in [3.8, 4) is 0 Å². The second kappa shape index (κ2) is 6.89. The number of nitrogens with zero attached hydrogens (tertiary/aromatic N) is 2. The van der Waals surface area contributed by atoms with Gasteiger partial charge in [-0.15, -0.1) is 0 Å². The van der Waals surface area contributed by atoms with Gasteiger partial charge in [-0.05, 0) is 110 Å². The molecule has 5 fully saturated rings. The molecule has 5 aliphatic rings. The van der Waals surface area contributed by atoms with Gasteiger partial charge in [0, 0.05) is 24.9 Å². The fourth-order valence-electron chi connectivity index (χ4n) is 10.3. The van der Waals surface area contributed by atoms with Crippen LogP contribution in [0.25, 0.3) is 6.08 Å². The third-order valence-corrected chi connectivity index (χ3v) is 11.7. The average Bonchev–Trinajstić information content (AvgIpc) is 3.29. The van der Waals surface area contributed by atoms with Gasteiger partial charge in [-0.1, -0.05) is 26.8 Å². The Bertz CT molecular complexity index is 869. The summed E-state index contributed by atoms with van der Waals surface area (Å²) in [7, 11) is 2.01. The monoisotopic (exact) mass is 420 g/mol. The first kappa shape index (κ1) is 20.4. The zero-order valence-electron chi connectivity index (χ0n) is 19.9. The van der Waals surface area contributed by atoms with Crippen molar-refractivity contribution < 1.29 is 4.74 Å². The molecular weight excluding hydrogens is 380 g/mol. The van der Waals surface area contributed by atoms with E-state index in [9.17, 15) is 0 Å². The molecule has 1 heterocycles. The Balaban J connectivity index is 1.26. The minimum Gasteiger partial charge on any atom is -0.381 e. The van der Waals surface area contributed by atoms with Crippen LogP contribution < -0.4 is 0 Å². The number of aromatic nitrogens is 2. The minimum absolute atomic E-state index is 0.475. The highest BCUT2D eigenvalue weighted by Crippen LogP contribution is 2.82. The Hall–Kier alpha value is -1.22. The summed E-state index contributed by atoms with van der Waals surface area (Å²) in [5.74, 6) is 5.86. The minimum atomic E-state index is 0.475. The summed E-state index contributed by atoms with van der Waals surface area (Å²) in [6.45, 7) is 7.77. The molecule has 6 rings (SSSR count). The van der Waals surface area contributed by atoms with Gasteiger partial charge in [-0.25, -0.2) is 9.97 Å². The Kier molecular flexibility index (Phi) is 4.53. The number of allylic oxidation sites excluding steroid dienone is 1. The molecule has 0 saturated heterocycles. The summed E-state index contributed by atoms with van der Waals surface area (Å²) < 4.78 is 6.28. The number of rotatable bonds is 4. The summed E-state index contributed by atoms with van der Waals surface area (Å²) >= 11 is 0. The molecule has 1 spiro atoms. The van der Waals surface area contributed by atoms with Crippen LogP contribution >= 0.6 is 0 Å². The maximum Gasteiger partial charge on any atom is 0.151 e. The van der Waals surface area contributed by atoms with Gasteiger partial charge in [-0.2, -0.15) is 0 Å². The van der Waals surface area contributed by atoms with Crippen LogP contribution in [0.1, 0.15) is 78.0 Å². The molecule has 0 bridgehead atoms. The van der Waals surface area contributed by atoms with Gasteiger partial charge in [0.15, 0.2) is 5.82 Å². The van der Waals surface area contributed by atoms with Crippen molar-refractivity contribution in [1.82, 2.24) is 9.97 Å². The van der Waals surface area contributed by atoms with Crippen molar-refractivity contribution in [2.24, 2.45) is 51.8 Å². The highest BCUT2D eigenvalue weighted by atomic mass is 16.5. The largest absolute Gasteiger partial charge is 0.381 e. The van der Waals surface area contributed by atoms with Gasteiger partial charge in [-0.3, -0.25) is 0 Å². The molecule has 5 saturated carbocycles. The highest BCUT2D eigenvalue weighted by molar-refractivity contribution is 5.39. The van der Waals surface area contributed by atoms with E-state index in [0.29, 0.717) is 28.3 Å². The Morgan fingerprint density at radius 2 is 1.87 bits per heavy atom. The summed E-state index contributed by atoms with van der Waals surface area (Å²) in [6.07, 6.45) is 20.1. The van der Waals surface area contributed by atoms with E-state index in [1.54, 1.807) is 0 Å². The van der Waals surface area contributed by atoms with E-state index < -0.39 is 0 Å². The van der Waals surface area contributed by atoms with Crippen molar-refractivity contribution >= 4 is 6.08 Å². The number of methoxy groups -OCH3 is 1. The highest BCUT2D eigenvalue weighted by Gasteiger charge is 2.77. The van der Waals surface area contributed by atoms with Crippen molar-refractivity contribution in [2.45, 2.75) is 78.2 Å². The lowest BCUT2D eigenvalue weighted by Crippen LogP contribution is -2.57. The molecule has 0 N–H and O–H groups in total. The Morgan fingerprint density at radius 1 is 1.06 bits per heavy atom. The molecule has 10 atom stereocenters. The van der Waals surface area contributed by atoms with Crippen LogP contribution in [-0.2, 0) is 4.74 Å². The van der Waals surface area contributed by atoms with Gasteiger partial charge in [0.1, 0.15) is 0 Å². The first-order valence-electron chi connectivity index (χ1n) is 12.9. The van der Waals surface area contributed by atoms with E-state index in [2.05, 4.69) is 42.9 Å². The molecule has 0 aliphatic heterocycles. The molecule has 3 nitrogen and oxygen atoms in total. The van der Waals surface area contributed by atoms with Crippen LogP contribution in [0.3, 0.4) is 0 Å². The first-order valence-corrected chi connectivity index (χ1v) is 12.9. The van der Waals surface area contributed by atoms with Crippen molar-refractivity contribution in [3.05, 3.63) is 30.4 Å². The van der Waals surface area contributed by atoms with Gasteiger partial charge in [0.05, 0.1) is 6.10 Å². The molecular formula is C28H40N2O. The van der Waals surface area contributed by atoms with Crippen molar-refractivity contribution in [1.29, 1.82) is 0 Å². The van der Waals surface area contributed by atoms with Crippen LogP contribution in [-0.4, -0.2) is 23.2 Å². The van der Waals surface area contributed by atoms with Crippen LogP contribution in [0.5, 0.6) is 0 Å². The molecule has 168 valence electrons. The molecule has 2 unspecified atom stereocenters. The fraction of sp³-hybridized carbons (Fsp3) is 0.786. The quantitative estimate of drug-likeness (QED) is 0.564. The molecule has 1 aromatic rings. The normalized spacial score (nSPS) is 51.1. The Morgan fingerprint density at radius 3 is 2.61 bits per heavy atom. The number of fused-ring (bicyclic) bond motifs is 4. The topological polar surface area (TPSA) is 35.0 Å². The van der Waals surface area contributed by atoms with E-state index in [4.69, 9.17) is 4.74 Å². The van der Waals surface area contributed by atoms with E-state index in [1.165, 1.54) is 51.4 Å². The number of hydrogen-bond donors (Lipinski definition) is 0. The average molecular weight is 421 g/mol. The van der Waals surface area contributed by atoms with E-state index in [1.807, 2.05) is 25.6 Å². The molecule has 1 aromatic heterocycles. The zero-order chi connectivity index (χ0) is 21.4. The predicted molar refractivity (Wildman–Crippen MR) is 124 cm³/mol. The Labute approximate surface area is 188 Å². The third-order valence-electron chi connectivity index (χ3n) is 11.7. The zero-order valence-corrected chi connectivity index (χ0v) is 19.9. The molecule has 31 heavy (non-hydrogen) atoms. The second-order valence-corrected chi connectivity index (χ2v) is 12.3. The summed E-state index contributed by atoms with van der Waals surface area (Å²) in [6, 6.07) is 1.89. The molecule has 5 aliphatic carbocycles. The van der Waals surface area contributed by atoms with Crippen molar-refractivity contribution in [2.75, 3.05) is 7.11 Å². The molecule has 0 aromatic carbocycles. The standard InChI is InChI=1S/C28H40N2O/c1-18(6-9-25-29-14-5-15-30-25)21-7-8-22-20-16-24(31-4)28-17-19(28)10-13-27(28,3)23(20)11-12-26(21,22)2/h5-6,9,14-15,18-24H,7-8,10-13,16-17H2,1-4H3/b9-6+/t18-,19-,20+,21-,22+,23+,24?,26-,27-,28?/m1/s1. The predicted octanol–water partition coefficient (Wildman–Crippen LogP) is 6.41. The molecule has 0 amide bonds. The van der Waals surface area contributed by atoms with E-state index in [0.717, 1.165) is 35.4 Å². The van der Waals surface area contributed by atoms with E-state index >= 15 is 0 Å². The van der Waals surface area contributed by atoms with Crippen LogP contribution in [0.4, 0.5) is 0 Å². The maximum absolute atomic E-state index is 6.28. The SMILES string of the molecule is COC1C[C@H]2[C@@H]3CC[C@H]([C@H](C)/C=C/c4ncccn4)[C@@]3(C)CC[C@@H]2[C@@]2(C)CC[C@@H]3CC132. The van der Waals surface area contributed by atoms with Gasteiger partial charge in [0.2, 0.25) is 0 Å². The number of hydrogen-bond acceptors (Lipinski definition) is 3. The summed E-state index contributed by atoms with van der Waals surface area (Å²) in [5, 5.41) is 0. The second-order valence-electron chi connectivity index (χ2n) is 12.3. The van der Waals surface area contributed by atoms with Crippen LogP contribution in [0.2, 0.25) is 0 Å². The third kappa shape index (κ3) is 2.62.